The van der Waals surface area contributed by atoms with Crippen LogP contribution in [0.15, 0.2) is 128 Å². The second-order valence-corrected chi connectivity index (χ2v) is 14.1. The zero-order chi connectivity index (χ0) is 38.6. The summed E-state index contributed by atoms with van der Waals surface area (Å²) in [5.74, 6) is -0.453. The minimum atomic E-state index is -0.820. The Morgan fingerprint density at radius 1 is 0.836 bits per heavy atom. The number of carbonyl (C=O) groups is 2. The second-order valence-electron chi connectivity index (χ2n) is 14.1. The Kier molecular flexibility index (Phi) is 13.8. The number of rotatable bonds is 15. The Morgan fingerprint density at radius 2 is 1.56 bits per heavy atom. The van der Waals surface area contributed by atoms with Gasteiger partial charge in [-0.05, 0) is 64.7 Å². The van der Waals surface area contributed by atoms with Crippen LogP contribution in [0.3, 0.4) is 0 Å². The summed E-state index contributed by atoms with van der Waals surface area (Å²) in [6.45, 7) is 3.98. The van der Waals surface area contributed by atoms with E-state index < -0.39 is 24.3 Å². The van der Waals surface area contributed by atoms with Crippen molar-refractivity contribution < 1.29 is 28.9 Å². The number of urea groups is 1. The van der Waals surface area contributed by atoms with Gasteiger partial charge in [-0.15, -0.1) is 0 Å². The molecule has 1 aromatic heterocycles. The highest BCUT2D eigenvalue weighted by molar-refractivity contribution is 5.83. The van der Waals surface area contributed by atoms with Gasteiger partial charge < -0.3 is 34.9 Å². The molecule has 10 heteroatoms. The summed E-state index contributed by atoms with van der Waals surface area (Å²) < 4.78 is 18.5. The Labute approximate surface area is 323 Å². The number of aliphatic hydroxyl groups is 1. The highest BCUT2D eigenvalue weighted by Crippen LogP contribution is 2.42. The third-order valence-electron chi connectivity index (χ3n) is 10.0. The summed E-state index contributed by atoms with van der Waals surface area (Å²) in [5.41, 5.74) is 7.62. The molecule has 55 heavy (non-hydrogen) atoms. The van der Waals surface area contributed by atoms with Gasteiger partial charge in [0.2, 0.25) is 0 Å². The molecule has 0 spiro atoms. The zero-order valence-corrected chi connectivity index (χ0v) is 31.6. The van der Waals surface area contributed by atoms with Gasteiger partial charge in [-0.1, -0.05) is 104 Å². The molecule has 2 heterocycles. The molecule has 0 aliphatic carbocycles. The number of aromatic nitrogens is 1. The maximum absolute atomic E-state index is 12.9. The van der Waals surface area contributed by atoms with E-state index in [0.29, 0.717) is 13.0 Å². The van der Waals surface area contributed by atoms with Crippen molar-refractivity contribution in [2.24, 2.45) is 5.92 Å². The monoisotopic (exact) mass is 742 g/mol. The minimum Gasteiger partial charge on any atom is -0.467 e. The molecule has 286 valence electrons. The van der Waals surface area contributed by atoms with Crippen LogP contribution in [-0.4, -0.2) is 66.4 Å². The van der Waals surface area contributed by atoms with Gasteiger partial charge in [0, 0.05) is 55.8 Å². The molecule has 3 N–H and O–H groups in total. The molecule has 1 aliphatic rings. The number of ether oxygens (including phenoxy) is 3. The average Bonchev–Trinajstić information content (AvgIpc) is 3.23. The van der Waals surface area contributed by atoms with Crippen LogP contribution in [-0.2, 0) is 45.0 Å². The van der Waals surface area contributed by atoms with Crippen molar-refractivity contribution in [1.29, 1.82) is 0 Å². The van der Waals surface area contributed by atoms with Gasteiger partial charge in [0.25, 0.3) is 0 Å². The van der Waals surface area contributed by atoms with Gasteiger partial charge in [0.15, 0.2) is 6.29 Å². The predicted molar refractivity (Wildman–Crippen MR) is 212 cm³/mol. The number of hydrogen-bond donors (Lipinski definition) is 3. The number of benzene rings is 4. The van der Waals surface area contributed by atoms with Crippen LogP contribution < -0.4 is 10.6 Å². The Morgan fingerprint density at radius 3 is 2.29 bits per heavy atom. The van der Waals surface area contributed by atoms with E-state index in [1.807, 2.05) is 115 Å². The molecular weight excluding hydrogens is 693 g/mol. The third-order valence-corrected chi connectivity index (χ3v) is 10.0. The van der Waals surface area contributed by atoms with Gasteiger partial charge >= 0.3 is 12.0 Å². The lowest BCUT2D eigenvalue weighted by Gasteiger charge is -2.42. The van der Waals surface area contributed by atoms with E-state index in [0.717, 1.165) is 57.6 Å². The molecule has 10 nitrogen and oxygen atoms in total. The van der Waals surface area contributed by atoms with Crippen LogP contribution in [0.1, 0.15) is 52.8 Å². The molecule has 0 saturated carbocycles. The van der Waals surface area contributed by atoms with Gasteiger partial charge in [-0.25, -0.2) is 9.59 Å². The molecule has 0 bridgehead atoms. The van der Waals surface area contributed by atoms with E-state index in [9.17, 15) is 14.7 Å². The molecule has 1 aliphatic heterocycles. The van der Waals surface area contributed by atoms with E-state index in [-0.39, 0.29) is 31.3 Å². The summed E-state index contributed by atoms with van der Waals surface area (Å²) in [7, 11) is 3.43. The molecule has 0 unspecified atom stereocenters. The van der Waals surface area contributed by atoms with E-state index in [1.165, 1.54) is 7.11 Å². The maximum Gasteiger partial charge on any atom is 0.328 e. The summed E-state index contributed by atoms with van der Waals surface area (Å²) in [6.07, 6.45) is 2.03. The fourth-order valence-corrected chi connectivity index (χ4v) is 6.88. The van der Waals surface area contributed by atoms with Gasteiger partial charge in [0.05, 0.1) is 25.9 Å². The van der Waals surface area contributed by atoms with Gasteiger partial charge in [-0.3, -0.25) is 4.98 Å². The third kappa shape index (κ3) is 10.9. The summed E-state index contributed by atoms with van der Waals surface area (Å²) >= 11 is 0. The first-order valence-corrected chi connectivity index (χ1v) is 18.7. The van der Waals surface area contributed by atoms with Crippen molar-refractivity contribution in [3.63, 3.8) is 0 Å². The van der Waals surface area contributed by atoms with Crippen molar-refractivity contribution in [2.45, 2.75) is 57.5 Å². The lowest BCUT2D eigenvalue weighted by molar-refractivity contribution is -0.275. The standard InChI is InChI=1S/C45H50N4O6/c1-31-41(29-49(2)24-22-39-17-7-8-23-46-39)54-44(55-42(31)35-20-18-33(30-50)19-21-35)38-16-10-15-37(27-38)36-14-9-13-34(25-36)28-47-45(52)48-40(43(51)53-3)26-32-11-5-4-6-12-32/h4-21,23,25,27,31,40-42,44,50H,22,24,26,28-30H2,1-3H3,(H2,47,48,52)/t31-,40-,41+,42+,44+/m0/s1. The SMILES string of the molecule is COC(=O)[C@H](Cc1ccccc1)NC(=O)NCc1cccc(-c2cccc([C@@H]3O[C@H](CN(C)CCc4ccccn4)[C@H](C)[C@H](c4ccc(CO)cc4)O3)c2)c1. The van der Waals surface area contributed by atoms with Crippen LogP contribution in [0.2, 0.25) is 0 Å². The normalized spacial score (nSPS) is 18.7. The largest absolute Gasteiger partial charge is 0.467 e. The number of pyridine rings is 1. The van der Waals surface area contributed by atoms with Crippen molar-refractivity contribution in [1.82, 2.24) is 20.5 Å². The number of nitrogens with one attached hydrogen (secondary N) is 2. The maximum atomic E-state index is 12.9. The fourth-order valence-electron chi connectivity index (χ4n) is 6.88. The van der Waals surface area contributed by atoms with E-state index >= 15 is 0 Å². The lowest BCUT2D eigenvalue weighted by Crippen LogP contribution is -2.47. The van der Waals surface area contributed by atoms with Crippen LogP contribution in [0.25, 0.3) is 11.1 Å². The van der Waals surface area contributed by atoms with E-state index in [2.05, 4.69) is 46.6 Å². The molecule has 5 aromatic rings. The number of likely N-dealkylation sites (N-methyl/N-ethyl adjacent to an activating group) is 1. The summed E-state index contributed by atoms with van der Waals surface area (Å²) in [4.78, 5) is 32.1. The average molecular weight is 743 g/mol. The molecule has 5 atom stereocenters. The van der Waals surface area contributed by atoms with Gasteiger partial charge in [0.1, 0.15) is 6.04 Å². The highest BCUT2D eigenvalue weighted by Gasteiger charge is 2.39. The van der Waals surface area contributed by atoms with Crippen molar-refractivity contribution in [2.75, 3.05) is 27.2 Å². The van der Waals surface area contributed by atoms with Crippen LogP contribution in [0.5, 0.6) is 0 Å². The number of amides is 2. The van der Waals surface area contributed by atoms with Crippen LogP contribution >= 0.6 is 0 Å². The molecule has 2 amide bonds. The molecule has 0 radical (unpaired) electrons. The Balaban J connectivity index is 1.15. The lowest BCUT2D eigenvalue weighted by atomic mass is 9.90. The number of methoxy groups -OCH3 is 1. The predicted octanol–water partition coefficient (Wildman–Crippen LogP) is 6.79. The number of carbonyl (C=O) groups excluding carboxylic acids is 2. The number of esters is 1. The molecule has 1 fully saturated rings. The van der Waals surface area contributed by atoms with Crippen molar-refractivity contribution >= 4 is 12.0 Å². The van der Waals surface area contributed by atoms with Crippen LogP contribution in [0.4, 0.5) is 4.79 Å². The Hall–Kier alpha value is -5.39. The minimum absolute atomic E-state index is 0.0152. The number of nitrogens with zero attached hydrogens (tertiary/aromatic N) is 2. The smallest absolute Gasteiger partial charge is 0.328 e. The first-order valence-electron chi connectivity index (χ1n) is 18.7. The number of hydrogen-bond acceptors (Lipinski definition) is 8. The first kappa shape index (κ1) is 39.3. The van der Waals surface area contributed by atoms with Crippen molar-refractivity contribution in [3.05, 3.63) is 161 Å². The van der Waals surface area contributed by atoms with Gasteiger partial charge in [-0.2, -0.15) is 0 Å². The topological polar surface area (TPSA) is 122 Å². The highest BCUT2D eigenvalue weighted by atomic mass is 16.7. The second kappa shape index (κ2) is 19.3. The van der Waals surface area contributed by atoms with E-state index in [1.54, 1.807) is 0 Å². The number of aliphatic hydroxyl groups excluding tert-OH is 1. The fraction of sp³-hybridized carbons (Fsp3) is 0.311. The quantitative estimate of drug-likeness (QED) is 0.100. The molecular formula is C45H50N4O6. The first-order chi connectivity index (χ1) is 26.8. The Bertz CT molecular complexity index is 1980. The molecule has 1 saturated heterocycles. The zero-order valence-electron chi connectivity index (χ0n) is 31.6. The van der Waals surface area contributed by atoms with Crippen molar-refractivity contribution in [3.8, 4) is 11.1 Å². The summed E-state index contributed by atoms with van der Waals surface area (Å²) in [5, 5.41) is 15.3. The molecule has 4 aromatic carbocycles. The van der Waals surface area contributed by atoms with Crippen LogP contribution in [0, 0.1) is 5.92 Å². The van der Waals surface area contributed by atoms with E-state index in [4.69, 9.17) is 14.2 Å². The summed E-state index contributed by atoms with van der Waals surface area (Å²) in [6, 6.07) is 38.3. The molecule has 6 rings (SSSR count).